The van der Waals surface area contributed by atoms with Crippen molar-refractivity contribution >= 4 is 11.7 Å². The van der Waals surface area contributed by atoms with E-state index in [1.165, 1.54) is 26.1 Å². The molecule has 1 amide bonds. The number of anilines is 1. The molecule has 5 aliphatic rings. The zero-order chi connectivity index (χ0) is 54.5. The molecule has 0 aromatic carbocycles. The number of aromatic nitrogens is 1. The van der Waals surface area contributed by atoms with E-state index in [2.05, 4.69) is 15.6 Å². The van der Waals surface area contributed by atoms with Crippen LogP contribution in [0.4, 0.5) is 5.82 Å². The molecule has 31 nitrogen and oxygen atoms in total. The lowest BCUT2D eigenvalue weighted by Crippen LogP contribution is -2.71. The largest absolute Gasteiger partial charge is 0.394 e. The van der Waals surface area contributed by atoms with Crippen molar-refractivity contribution in [1.82, 2.24) is 10.3 Å². The molecule has 29 atom stereocenters. The molecule has 1 aromatic rings. The number of hydrogen-bond donors (Lipinski definition) is 19. The van der Waals surface area contributed by atoms with Crippen LogP contribution in [0.25, 0.3) is 0 Å². The van der Waals surface area contributed by atoms with Crippen LogP contribution in [-0.4, -0.2) is 309 Å². The van der Waals surface area contributed by atoms with E-state index in [1.54, 1.807) is 12.1 Å². The normalized spacial score (nSPS) is 44.7. The maximum absolute atomic E-state index is 13.0. The zero-order valence-electron chi connectivity index (χ0n) is 40.1. The first kappa shape index (κ1) is 60.6. The van der Waals surface area contributed by atoms with Crippen molar-refractivity contribution in [3.8, 4) is 0 Å². The second-order valence-electron chi connectivity index (χ2n) is 18.6. The van der Waals surface area contributed by atoms with E-state index in [-0.39, 0.29) is 5.82 Å². The van der Waals surface area contributed by atoms with Crippen LogP contribution in [0.2, 0.25) is 0 Å². The van der Waals surface area contributed by atoms with Gasteiger partial charge in [0.25, 0.3) is 0 Å². The van der Waals surface area contributed by atoms with Gasteiger partial charge >= 0.3 is 0 Å². The van der Waals surface area contributed by atoms with Gasteiger partial charge in [-0.15, -0.1) is 0 Å². The Hall–Kier alpha value is -2.66. The number of rotatable bonds is 21. The summed E-state index contributed by atoms with van der Waals surface area (Å²) >= 11 is 0. The quantitative estimate of drug-likeness (QED) is 0.0543. The van der Waals surface area contributed by atoms with Crippen LogP contribution in [0.3, 0.4) is 0 Å². The molecular formula is C43H71N3O28. The molecule has 426 valence electrons. The SMILES string of the molecule is CC(=O)N[C@H]1[C@H](O[C@H]2[C@@H](O)[C@@H](CO)O[C@@H](O[C@@H]([C@H](O[C@@H]3O[C@@H](C)[C@@H](O)[C@@H](O)[C@@H]3O)[C@@H](O)CNc3ccccn3)[C@H](O)CO)[C@@H]2O)O[C@H](CO)[C@@H](O[C@@H]2O[C@@H](C)[C@@H](O)[C@@H](O)[C@@H]2O)[C@@H]1O[C@@H]1O[C@H](CO)[C@H](O)[C@H](O)[C@H]1O. The molecule has 5 fully saturated rings. The molecule has 1 aromatic heterocycles. The van der Waals surface area contributed by atoms with Crippen molar-refractivity contribution in [3.63, 3.8) is 0 Å². The number of aliphatic hydroxyl groups is 17. The van der Waals surface area contributed by atoms with E-state index in [4.69, 9.17) is 47.4 Å². The van der Waals surface area contributed by atoms with Gasteiger partial charge in [0, 0.05) is 19.7 Å². The Bertz CT molecular complexity index is 1860. The van der Waals surface area contributed by atoms with E-state index in [1.807, 2.05) is 0 Å². The fourth-order valence-corrected chi connectivity index (χ4v) is 9.08. The smallest absolute Gasteiger partial charge is 0.217 e. The van der Waals surface area contributed by atoms with Gasteiger partial charge in [-0.25, -0.2) is 4.98 Å². The summed E-state index contributed by atoms with van der Waals surface area (Å²) < 4.78 is 58.9. The van der Waals surface area contributed by atoms with E-state index in [0.717, 1.165) is 6.92 Å². The van der Waals surface area contributed by atoms with Crippen molar-refractivity contribution < 1.29 is 139 Å². The number of nitrogens with zero attached hydrogens (tertiary/aromatic N) is 1. The van der Waals surface area contributed by atoms with Gasteiger partial charge in [-0.05, 0) is 26.0 Å². The summed E-state index contributed by atoms with van der Waals surface area (Å²) in [4.78, 5) is 17.1. The van der Waals surface area contributed by atoms with Gasteiger partial charge in [-0.2, -0.15) is 0 Å². The Kier molecular flexibility index (Phi) is 21.9. The van der Waals surface area contributed by atoms with E-state index >= 15 is 0 Å². The third kappa shape index (κ3) is 13.6. The third-order valence-electron chi connectivity index (χ3n) is 13.4. The molecular weight excluding hydrogens is 1010 g/mol. The van der Waals surface area contributed by atoms with Crippen LogP contribution >= 0.6 is 0 Å². The summed E-state index contributed by atoms with van der Waals surface area (Å²) in [5.41, 5.74) is 0. The highest BCUT2D eigenvalue weighted by Gasteiger charge is 2.58. The summed E-state index contributed by atoms with van der Waals surface area (Å²) in [7, 11) is 0. The fraction of sp³-hybridized carbons (Fsp3) is 0.860. The van der Waals surface area contributed by atoms with E-state index in [9.17, 15) is 91.6 Å². The lowest BCUT2D eigenvalue weighted by Gasteiger charge is -2.51. The number of carbonyl (C=O) groups is 1. The van der Waals surface area contributed by atoms with Crippen molar-refractivity contribution in [2.24, 2.45) is 0 Å². The number of pyridine rings is 1. The summed E-state index contributed by atoms with van der Waals surface area (Å²) in [6.45, 7) is -1.02. The molecule has 5 saturated heterocycles. The lowest BCUT2D eigenvalue weighted by molar-refractivity contribution is -0.389. The van der Waals surface area contributed by atoms with Gasteiger partial charge in [0.05, 0.1) is 38.6 Å². The Morgan fingerprint density at radius 2 is 1.03 bits per heavy atom. The third-order valence-corrected chi connectivity index (χ3v) is 13.4. The number of nitrogens with one attached hydrogen (secondary N) is 2. The molecule has 6 heterocycles. The van der Waals surface area contributed by atoms with Crippen LogP contribution in [0.5, 0.6) is 0 Å². The Morgan fingerprint density at radius 3 is 1.58 bits per heavy atom. The molecule has 74 heavy (non-hydrogen) atoms. The molecule has 31 heteroatoms. The second-order valence-corrected chi connectivity index (χ2v) is 18.6. The number of hydrogen-bond acceptors (Lipinski definition) is 30. The second kappa shape index (κ2) is 26.8. The molecule has 0 radical (unpaired) electrons. The molecule has 0 saturated carbocycles. The standard InChI is InChI=1S/C43H71N3O28/c1-13-23(54)27(58)30(61)40(65-13)70-34(16(52)8-45-21-6-4-5-7-44-21)35(17(53)9-47)71-43-33(64)38(26(57)19(11-49)68-43)74-39-22(46-15(3)51)37(73-42-32(63)29(60)25(56)18(10-48)67-42)36(20(12-50)69-39)72-41-31(62)28(59)24(55)14(2)66-41/h4-7,13-14,16-20,22-43,47-50,52-64H,8-12H2,1-3H3,(H,44,45)(H,46,51)/t13-,14-,16-,17+,18+,19+,20+,22+,23+,24+,25-,26-,27+,28+,29-,30-,31-,32+,33+,34+,35+,36+,37+,38-,39-,40-,41-,42-,43-/m0/s1. The number of ether oxygens (including phenoxy) is 10. The minimum atomic E-state index is -2.30. The van der Waals surface area contributed by atoms with E-state index in [0.29, 0.717) is 0 Å². The maximum atomic E-state index is 13.0. The van der Waals surface area contributed by atoms with Gasteiger partial charge in [0.15, 0.2) is 31.5 Å². The number of carbonyl (C=O) groups excluding carboxylic acids is 1. The Morgan fingerprint density at radius 1 is 0.554 bits per heavy atom. The molecule has 0 aliphatic carbocycles. The highest BCUT2D eigenvalue weighted by Crippen LogP contribution is 2.37. The van der Waals surface area contributed by atoms with Gasteiger partial charge in [-0.1, -0.05) is 6.07 Å². The molecule has 0 bridgehead atoms. The van der Waals surface area contributed by atoms with Gasteiger partial charge < -0.3 is 145 Å². The maximum Gasteiger partial charge on any atom is 0.217 e. The van der Waals surface area contributed by atoms with Crippen molar-refractivity contribution in [3.05, 3.63) is 24.4 Å². The monoisotopic (exact) mass is 1080 g/mol. The molecule has 19 N–H and O–H groups in total. The van der Waals surface area contributed by atoms with Gasteiger partial charge in [-0.3, -0.25) is 4.79 Å². The summed E-state index contributed by atoms with van der Waals surface area (Å²) in [6, 6.07) is 2.91. The van der Waals surface area contributed by atoms with Crippen LogP contribution in [-0.2, 0) is 52.2 Å². The average molecular weight is 1080 g/mol. The predicted molar refractivity (Wildman–Crippen MR) is 236 cm³/mol. The molecule has 0 spiro atoms. The van der Waals surface area contributed by atoms with Crippen molar-refractivity contribution in [2.75, 3.05) is 38.3 Å². The first-order valence-corrected chi connectivity index (χ1v) is 23.8. The topological polar surface area (TPSA) is 490 Å². The summed E-state index contributed by atoms with van der Waals surface area (Å²) in [5.74, 6) is -0.652. The highest BCUT2D eigenvalue weighted by atomic mass is 16.8. The summed E-state index contributed by atoms with van der Waals surface area (Å²) in [5, 5.41) is 189. The molecule has 6 rings (SSSR count). The number of amides is 1. The Labute approximate surface area is 421 Å². The first-order valence-electron chi connectivity index (χ1n) is 23.8. The molecule has 5 aliphatic heterocycles. The lowest BCUT2D eigenvalue weighted by atomic mass is 9.93. The van der Waals surface area contributed by atoms with Crippen molar-refractivity contribution in [2.45, 2.75) is 199 Å². The molecule has 0 unspecified atom stereocenters. The fourth-order valence-electron chi connectivity index (χ4n) is 9.08. The average Bonchev–Trinajstić information content (AvgIpc) is 3.38. The van der Waals surface area contributed by atoms with Gasteiger partial charge in [0.2, 0.25) is 5.91 Å². The number of aliphatic hydroxyl groups excluding tert-OH is 17. The minimum Gasteiger partial charge on any atom is -0.394 e. The minimum absolute atomic E-state index is 0.232. The van der Waals surface area contributed by atoms with Crippen LogP contribution in [0.1, 0.15) is 20.8 Å². The van der Waals surface area contributed by atoms with Crippen LogP contribution < -0.4 is 10.6 Å². The Balaban J connectivity index is 1.35. The predicted octanol–water partition coefficient (Wildman–Crippen LogP) is -10.8. The van der Waals surface area contributed by atoms with Gasteiger partial charge in [0.1, 0.15) is 140 Å². The first-order chi connectivity index (χ1) is 35.1. The van der Waals surface area contributed by atoms with Crippen LogP contribution in [0, 0.1) is 0 Å². The zero-order valence-corrected chi connectivity index (χ0v) is 40.1. The van der Waals surface area contributed by atoms with Crippen LogP contribution in [0.15, 0.2) is 24.4 Å². The van der Waals surface area contributed by atoms with E-state index < -0.39 is 217 Å². The van der Waals surface area contributed by atoms with Crippen molar-refractivity contribution in [1.29, 1.82) is 0 Å². The highest BCUT2D eigenvalue weighted by molar-refractivity contribution is 5.73. The summed E-state index contributed by atoms with van der Waals surface area (Å²) in [6.07, 6.45) is -51.2.